The number of rotatable bonds is 4. The molecule has 0 spiro atoms. The molecule has 3 rings (SSSR count). The van der Waals surface area contributed by atoms with E-state index in [1.54, 1.807) is 24.4 Å². The molecule has 0 aliphatic heterocycles. The number of hydrogen-bond donors (Lipinski definition) is 3. The molecule has 1 aromatic carbocycles. The molecule has 2 aromatic rings. The SMILES string of the molecule is O=C(Nc1ccc(O)cc1)c1ccc(NC2CC2)nc1. The summed E-state index contributed by atoms with van der Waals surface area (Å²) in [5.41, 5.74) is 1.13. The number of pyridine rings is 1. The first-order chi connectivity index (χ1) is 9.70. The van der Waals surface area contributed by atoms with Crippen molar-refractivity contribution >= 4 is 17.4 Å². The van der Waals surface area contributed by atoms with Crippen molar-refractivity contribution in [2.75, 3.05) is 10.6 Å². The molecule has 1 amide bonds. The van der Waals surface area contributed by atoms with Gasteiger partial charge in [-0.1, -0.05) is 0 Å². The molecular weight excluding hydrogens is 254 g/mol. The molecule has 0 bridgehead atoms. The number of carbonyl (C=O) groups excluding carboxylic acids is 1. The monoisotopic (exact) mass is 269 g/mol. The molecule has 1 saturated carbocycles. The van der Waals surface area contributed by atoms with E-state index in [-0.39, 0.29) is 11.7 Å². The first-order valence-electron chi connectivity index (χ1n) is 6.54. The van der Waals surface area contributed by atoms with Crippen LogP contribution < -0.4 is 10.6 Å². The van der Waals surface area contributed by atoms with Gasteiger partial charge in [-0.25, -0.2) is 4.98 Å². The summed E-state index contributed by atoms with van der Waals surface area (Å²) >= 11 is 0. The minimum absolute atomic E-state index is 0.167. The van der Waals surface area contributed by atoms with Crippen molar-refractivity contribution in [3.63, 3.8) is 0 Å². The van der Waals surface area contributed by atoms with Crippen LogP contribution in [-0.2, 0) is 0 Å². The third-order valence-electron chi connectivity index (χ3n) is 3.08. The van der Waals surface area contributed by atoms with Gasteiger partial charge in [0.1, 0.15) is 11.6 Å². The number of phenolic OH excluding ortho intramolecular Hbond substituents is 1. The van der Waals surface area contributed by atoms with Crippen LogP contribution in [0.2, 0.25) is 0 Å². The van der Waals surface area contributed by atoms with Crippen molar-refractivity contribution < 1.29 is 9.90 Å². The predicted molar refractivity (Wildman–Crippen MR) is 76.9 cm³/mol. The van der Waals surface area contributed by atoms with Crippen molar-refractivity contribution in [2.45, 2.75) is 18.9 Å². The van der Waals surface area contributed by atoms with Crippen molar-refractivity contribution in [3.8, 4) is 5.75 Å². The van der Waals surface area contributed by atoms with Crippen molar-refractivity contribution in [3.05, 3.63) is 48.2 Å². The third-order valence-corrected chi connectivity index (χ3v) is 3.08. The molecule has 1 heterocycles. The summed E-state index contributed by atoms with van der Waals surface area (Å²) < 4.78 is 0. The number of nitrogens with one attached hydrogen (secondary N) is 2. The summed E-state index contributed by atoms with van der Waals surface area (Å²) in [4.78, 5) is 16.2. The second-order valence-electron chi connectivity index (χ2n) is 4.85. The predicted octanol–water partition coefficient (Wildman–Crippen LogP) is 2.61. The van der Waals surface area contributed by atoms with E-state index in [9.17, 15) is 9.90 Å². The lowest BCUT2D eigenvalue weighted by Gasteiger charge is -2.07. The molecule has 5 nitrogen and oxygen atoms in total. The minimum Gasteiger partial charge on any atom is -0.508 e. The van der Waals surface area contributed by atoms with Crippen LogP contribution >= 0.6 is 0 Å². The number of benzene rings is 1. The summed E-state index contributed by atoms with van der Waals surface area (Å²) in [7, 11) is 0. The molecule has 5 heteroatoms. The van der Waals surface area contributed by atoms with Crippen LogP contribution in [0.5, 0.6) is 5.75 Å². The number of aromatic nitrogens is 1. The number of aromatic hydroxyl groups is 1. The largest absolute Gasteiger partial charge is 0.508 e. The van der Waals surface area contributed by atoms with E-state index in [1.165, 1.54) is 25.0 Å². The van der Waals surface area contributed by atoms with Gasteiger partial charge in [0, 0.05) is 17.9 Å². The topological polar surface area (TPSA) is 74.2 Å². The number of phenols is 1. The molecule has 1 aliphatic carbocycles. The maximum atomic E-state index is 12.0. The Kier molecular flexibility index (Phi) is 3.25. The highest BCUT2D eigenvalue weighted by Crippen LogP contribution is 2.23. The summed E-state index contributed by atoms with van der Waals surface area (Å²) in [5, 5.41) is 15.2. The average Bonchev–Trinajstić information content (AvgIpc) is 3.26. The molecule has 1 fully saturated rings. The van der Waals surface area contributed by atoms with E-state index in [0.29, 0.717) is 17.3 Å². The average molecular weight is 269 g/mol. The number of nitrogens with zero attached hydrogens (tertiary/aromatic N) is 1. The summed E-state index contributed by atoms with van der Waals surface area (Å²) in [6.45, 7) is 0. The molecule has 0 atom stereocenters. The van der Waals surface area contributed by atoms with E-state index in [1.807, 2.05) is 6.07 Å². The number of anilines is 2. The summed E-state index contributed by atoms with van der Waals surface area (Å²) in [6.07, 6.45) is 3.93. The molecule has 1 aromatic heterocycles. The van der Waals surface area contributed by atoms with Crippen LogP contribution in [0, 0.1) is 0 Å². The highest BCUT2D eigenvalue weighted by atomic mass is 16.3. The number of amides is 1. The second-order valence-corrected chi connectivity index (χ2v) is 4.85. The molecule has 20 heavy (non-hydrogen) atoms. The fraction of sp³-hybridized carbons (Fsp3) is 0.200. The molecule has 0 unspecified atom stereocenters. The number of carbonyl (C=O) groups is 1. The van der Waals surface area contributed by atoms with Gasteiger partial charge in [-0.15, -0.1) is 0 Å². The van der Waals surface area contributed by atoms with Gasteiger partial charge in [-0.05, 0) is 49.2 Å². The lowest BCUT2D eigenvalue weighted by molar-refractivity contribution is 0.102. The molecule has 102 valence electrons. The van der Waals surface area contributed by atoms with Crippen LogP contribution in [-0.4, -0.2) is 22.0 Å². The highest BCUT2D eigenvalue weighted by Gasteiger charge is 2.21. The highest BCUT2D eigenvalue weighted by molar-refractivity contribution is 6.04. The van der Waals surface area contributed by atoms with Gasteiger partial charge in [0.25, 0.3) is 5.91 Å². The zero-order chi connectivity index (χ0) is 13.9. The Balaban J connectivity index is 1.65. The minimum atomic E-state index is -0.221. The van der Waals surface area contributed by atoms with Gasteiger partial charge in [0.05, 0.1) is 5.56 Å². The summed E-state index contributed by atoms with van der Waals surface area (Å²) in [6, 6.07) is 10.4. The Morgan fingerprint density at radius 3 is 2.50 bits per heavy atom. The fourth-order valence-corrected chi connectivity index (χ4v) is 1.80. The molecule has 0 saturated heterocycles. The van der Waals surface area contributed by atoms with Crippen LogP contribution in [0.4, 0.5) is 11.5 Å². The van der Waals surface area contributed by atoms with Crippen LogP contribution in [0.1, 0.15) is 23.2 Å². The maximum absolute atomic E-state index is 12.0. The zero-order valence-electron chi connectivity index (χ0n) is 10.8. The first kappa shape index (κ1) is 12.5. The fourth-order valence-electron chi connectivity index (χ4n) is 1.80. The van der Waals surface area contributed by atoms with E-state index in [4.69, 9.17) is 0 Å². The lowest BCUT2D eigenvalue weighted by Crippen LogP contribution is -2.12. The second kappa shape index (κ2) is 5.21. The maximum Gasteiger partial charge on any atom is 0.257 e. The van der Waals surface area contributed by atoms with Gasteiger partial charge in [-0.2, -0.15) is 0 Å². The van der Waals surface area contributed by atoms with Gasteiger partial charge in [-0.3, -0.25) is 4.79 Å². The van der Waals surface area contributed by atoms with E-state index >= 15 is 0 Å². The lowest BCUT2D eigenvalue weighted by atomic mass is 10.2. The molecular formula is C15H15N3O2. The first-order valence-corrected chi connectivity index (χ1v) is 6.54. The third kappa shape index (κ3) is 3.06. The van der Waals surface area contributed by atoms with Gasteiger partial charge < -0.3 is 15.7 Å². The molecule has 3 N–H and O–H groups in total. The smallest absolute Gasteiger partial charge is 0.257 e. The van der Waals surface area contributed by atoms with Crippen LogP contribution in [0.15, 0.2) is 42.6 Å². The van der Waals surface area contributed by atoms with Gasteiger partial charge >= 0.3 is 0 Å². The normalized spacial score (nSPS) is 13.8. The van der Waals surface area contributed by atoms with E-state index in [2.05, 4.69) is 15.6 Å². The van der Waals surface area contributed by atoms with Crippen molar-refractivity contribution in [1.29, 1.82) is 0 Å². The quantitative estimate of drug-likeness (QED) is 0.746. The Hall–Kier alpha value is -2.56. The van der Waals surface area contributed by atoms with E-state index < -0.39 is 0 Å². The van der Waals surface area contributed by atoms with Crippen molar-refractivity contribution in [1.82, 2.24) is 4.98 Å². The van der Waals surface area contributed by atoms with E-state index in [0.717, 1.165) is 5.82 Å². The Bertz CT molecular complexity index is 604. The number of hydrogen-bond acceptors (Lipinski definition) is 4. The Labute approximate surface area is 116 Å². The molecule has 1 aliphatic rings. The standard InChI is InChI=1S/C15H15N3O2/c19-13-6-4-12(5-7-13)18-15(20)10-1-8-14(16-9-10)17-11-2-3-11/h1,4-9,11,19H,2-3H2,(H,16,17)(H,18,20). The Morgan fingerprint density at radius 1 is 1.15 bits per heavy atom. The van der Waals surface area contributed by atoms with Crippen LogP contribution in [0.3, 0.4) is 0 Å². The van der Waals surface area contributed by atoms with Crippen LogP contribution in [0.25, 0.3) is 0 Å². The zero-order valence-corrected chi connectivity index (χ0v) is 10.8. The summed E-state index contributed by atoms with van der Waals surface area (Å²) in [5.74, 6) is 0.745. The van der Waals surface area contributed by atoms with Gasteiger partial charge in [0.2, 0.25) is 0 Å². The van der Waals surface area contributed by atoms with Crippen molar-refractivity contribution in [2.24, 2.45) is 0 Å². The van der Waals surface area contributed by atoms with Gasteiger partial charge in [0.15, 0.2) is 0 Å². The molecule has 0 radical (unpaired) electrons. The Morgan fingerprint density at radius 2 is 1.90 bits per heavy atom.